The van der Waals surface area contributed by atoms with E-state index in [-0.39, 0.29) is 11.9 Å². The van der Waals surface area contributed by atoms with Crippen LogP contribution in [0.15, 0.2) is 28.7 Å². The van der Waals surface area contributed by atoms with E-state index < -0.39 is 0 Å². The smallest absolute Gasteiger partial charge is 0.170 e. The highest BCUT2D eigenvalue weighted by Crippen LogP contribution is 2.40. The van der Waals surface area contributed by atoms with E-state index in [4.69, 9.17) is 16.3 Å². The molecule has 3 rings (SSSR count). The van der Waals surface area contributed by atoms with Gasteiger partial charge in [-0.2, -0.15) is 0 Å². The molecule has 0 saturated heterocycles. The number of benzene rings is 1. The van der Waals surface area contributed by atoms with Gasteiger partial charge in [0.15, 0.2) is 5.78 Å². The number of aryl methyl sites for hydroxylation is 1. The van der Waals surface area contributed by atoms with Gasteiger partial charge in [0.05, 0.1) is 12.0 Å². The SMILES string of the molecule is Cc1sc(C2CC(=O)c3cc(Cl)ccc3O2)cc1Br. The van der Waals surface area contributed by atoms with Gasteiger partial charge in [0.2, 0.25) is 0 Å². The number of ether oxygens (including phenoxy) is 1. The van der Waals surface area contributed by atoms with Gasteiger partial charge in [0, 0.05) is 19.2 Å². The lowest BCUT2D eigenvalue weighted by Gasteiger charge is -2.24. The monoisotopic (exact) mass is 356 g/mol. The summed E-state index contributed by atoms with van der Waals surface area (Å²) in [6.07, 6.45) is 0.163. The number of thiophene rings is 1. The van der Waals surface area contributed by atoms with Gasteiger partial charge in [-0.05, 0) is 47.1 Å². The maximum absolute atomic E-state index is 12.2. The number of carbonyl (C=O) groups excluding carboxylic acids is 1. The molecule has 0 bridgehead atoms. The van der Waals surface area contributed by atoms with E-state index in [1.807, 2.05) is 13.0 Å². The Labute approximate surface area is 128 Å². The average molecular weight is 358 g/mol. The maximum Gasteiger partial charge on any atom is 0.170 e. The molecule has 0 amide bonds. The Morgan fingerprint density at radius 3 is 2.89 bits per heavy atom. The Hall–Kier alpha value is -0.840. The van der Waals surface area contributed by atoms with Crippen LogP contribution >= 0.6 is 38.9 Å². The Balaban J connectivity index is 1.97. The Kier molecular flexibility index (Phi) is 3.41. The standard InChI is InChI=1S/C14H10BrClO2S/c1-7-10(15)5-14(19-7)13-6-11(17)9-4-8(16)2-3-12(9)18-13/h2-5,13H,6H2,1H3. The summed E-state index contributed by atoms with van der Waals surface area (Å²) in [5.74, 6) is 0.698. The minimum atomic E-state index is -0.198. The largest absolute Gasteiger partial charge is 0.484 e. The summed E-state index contributed by atoms with van der Waals surface area (Å²) < 4.78 is 6.98. The lowest BCUT2D eigenvalue weighted by molar-refractivity contribution is 0.0854. The predicted octanol–water partition coefficient (Wildman–Crippen LogP) is 5.18. The highest BCUT2D eigenvalue weighted by molar-refractivity contribution is 9.10. The van der Waals surface area contributed by atoms with E-state index in [0.29, 0.717) is 22.8 Å². The topological polar surface area (TPSA) is 26.3 Å². The molecule has 1 aliphatic heterocycles. The summed E-state index contributed by atoms with van der Waals surface area (Å²) in [7, 11) is 0. The molecule has 1 unspecified atom stereocenters. The van der Waals surface area contributed by atoms with E-state index in [0.717, 1.165) is 9.35 Å². The van der Waals surface area contributed by atoms with E-state index in [1.165, 1.54) is 4.88 Å². The van der Waals surface area contributed by atoms with Gasteiger partial charge < -0.3 is 4.74 Å². The molecule has 1 aliphatic rings. The number of hydrogen-bond acceptors (Lipinski definition) is 3. The van der Waals surface area contributed by atoms with Gasteiger partial charge in [0.1, 0.15) is 11.9 Å². The molecular weight excluding hydrogens is 348 g/mol. The lowest BCUT2D eigenvalue weighted by Crippen LogP contribution is -2.19. The van der Waals surface area contributed by atoms with Crippen molar-refractivity contribution < 1.29 is 9.53 Å². The van der Waals surface area contributed by atoms with Gasteiger partial charge in [-0.3, -0.25) is 4.79 Å². The third kappa shape index (κ3) is 2.45. The molecule has 1 aromatic heterocycles. The molecule has 0 spiro atoms. The zero-order chi connectivity index (χ0) is 13.6. The van der Waals surface area contributed by atoms with Crippen LogP contribution in [0, 0.1) is 6.92 Å². The van der Waals surface area contributed by atoms with Gasteiger partial charge in [0.25, 0.3) is 0 Å². The second-order valence-corrected chi connectivity index (χ2v) is 7.01. The molecule has 0 N–H and O–H groups in total. The van der Waals surface area contributed by atoms with Crippen LogP contribution in [0.1, 0.15) is 32.6 Å². The Bertz CT molecular complexity index is 646. The lowest BCUT2D eigenvalue weighted by atomic mass is 10.00. The van der Waals surface area contributed by atoms with Crippen LogP contribution in [-0.4, -0.2) is 5.78 Å². The zero-order valence-corrected chi connectivity index (χ0v) is 13.2. The summed E-state index contributed by atoms with van der Waals surface area (Å²) >= 11 is 11.0. The third-order valence-electron chi connectivity index (χ3n) is 3.08. The molecule has 0 fully saturated rings. The van der Waals surface area contributed by atoms with Crippen LogP contribution in [0.5, 0.6) is 5.75 Å². The zero-order valence-electron chi connectivity index (χ0n) is 10.1. The Morgan fingerprint density at radius 2 is 2.21 bits per heavy atom. The number of ketones is 1. The van der Waals surface area contributed by atoms with Gasteiger partial charge >= 0.3 is 0 Å². The van der Waals surface area contributed by atoms with Crippen molar-refractivity contribution in [2.75, 3.05) is 0 Å². The summed E-state index contributed by atoms with van der Waals surface area (Å²) in [6, 6.07) is 7.20. The average Bonchev–Trinajstić information content (AvgIpc) is 2.70. The summed E-state index contributed by atoms with van der Waals surface area (Å²) in [5, 5.41) is 0.559. The molecule has 0 aliphatic carbocycles. The normalized spacial score (nSPS) is 18.1. The molecule has 2 heterocycles. The number of carbonyl (C=O) groups is 1. The van der Waals surface area contributed by atoms with E-state index >= 15 is 0 Å². The number of hydrogen-bond donors (Lipinski definition) is 0. The highest BCUT2D eigenvalue weighted by atomic mass is 79.9. The highest BCUT2D eigenvalue weighted by Gasteiger charge is 2.29. The van der Waals surface area contributed by atoms with Crippen molar-refractivity contribution in [1.29, 1.82) is 0 Å². The summed E-state index contributed by atoms with van der Waals surface area (Å²) in [4.78, 5) is 14.4. The van der Waals surface area contributed by atoms with Crippen molar-refractivity contribution in [3.8, 4) is 5.75 Å². The molecule has 19 heavy (non-hydrogen) atoms. The Morgan fingerprint density at radius 1 is 1.42 bits per heavy atom. The molecule has 5 heteroatoms. The molecule has 98 valence electrons. The second-order valence-electron chi connectivity index (χ2n) is 4.43. The summed E-state index contributed by atoms with van der Waals surface area (Å²) in [5.41, 5.74) is 0.580. The van der Waals surface area contributed by atoms with Gasteiger partial charge in [-0.1, -0.05) is 11.6 Å². The number of fused-ring (bicyclic) bond motifs is 1. The van der Waals surface area contributed by atoms with Crippen LogP contribution in [0.3, 0.4) is 0 Å². The number of Topliss-reactive ketones (excluding diaryl/α,β-unsaturated/α-hetero) is 1. The third-order valence-corrected chi connectivity index (χ3v) is 5.54. The minimum Gasteiger partial charge on any atom is -0.484 e. The number of rotatable bonds is 1. The fraction of sp³-hybridized carbons (Fsp3) is 0.214. The minimum absolute atomic E-state index is 0.0796. The predicted molar refractivity (Wildman–Crippen MR) is 80.5 cm³/mol. The summed E-state index contributed by atoms with van der Waals surface area (Å²) in [6.45, 7) is 2.04. The molecule has 1 atom stereocenters. The van der Waals surface area contributed by atoms with Crippen LogP contribution in [-0.2, 0) is 0 Å². The van der Waals surface area contributed by atoms with Crippen molar-refractivity contribution in [3.63, 3.8) is 0 Å². The van der Waals surface area contributed by atoms with Crippen LogP contribution < -0.4 is 4.74 Å². The first-order valence-electron chi connectivity index (χ1n) is 5.80. The molecular formula is C14H10BrClO2S. The maximum atomic E-state index is 12.2. The van der Waals surface area contributed by atoms with E-state index in [2.05, 4.69) is 15.9 Å². The van der Waals surface area contributed by atoms with E-state index in [1.54, 1.807) is 29.5 Å². The number of halogens is 2. The van der Waals surface area contributed by atoms with Crippen LogP contribution in [0.2, 0.25) is 5.02 Å². The van der Waals surface area contributed by atoms with Crippen LogP contribution in [0.25, 0.3) is 0 Å². The fourth-order valence-electron chi connectivity index (χ4n) is 2.10. The van der Waals surface area contributed by atoms with Crippen molar-refractivity contribution >= 4 is 44.7 Å². The van der Waals surface area contributed by atoms with Crippen molar-refractivity contribution in [3.05, 3.63) is 49.1 Å². The molecule has 2 aromatic rings. The second kappa shape index (κ2) is 4.93. The van der Waals surface area contributed by atoms with Crippen LogP contribution in [0.4, 0.5) is 0 Å². The van der Waals surface area contributed by atoms with Gasteiger partial charge in [-0.15, -0.1) is 11.3 Å². The van der Waals surface area contributed by atoms with Crippen molar-refractivity contribution in [2.45, 2.75) is 19.4 Å². The first-order chi connectivity index (χ1) is 9.04. The molecule has 0 radical (unpaired) electrons. The van der Waals surface area contributed by atoms with Crippen molar-refractivity contribution in [1.82, 2.24) is 0 Å². The molecule has 1 aromatic carbocycles. The quantitative estimate of drug-likeness (QED) is 0.703. The van der Waals surface area contributed by atoms with Gasteiger partial charge in [-0.25, -0.2) is 0 Å². The fourth-order valence-corrected chi connectivity index (χ4v) is 3.86. The first-order valence-corrected chi connectivity index (χ1v) is 7.78. The van der Waals surface area contributed by atoms with E-state index in [9.17, 15) is 4.79 Å². The molecule has 2 nitrogen and oxygen atoms in total. The first kappa shape index (κ1) is 13.2. The van der Waals surface area contributed by atoms with Crippen molar-refractivity contribution in [2.24, 2.45) is 0 Å². The molecule has 0 saturated carbocycles.